The normalized spacial score (nSPS) is 17.2. The average Bonchev–Trinajstić information content (AvgIpc) is 3.51. The smallest absolute Gasteiger partial charge is 0.130 e. The van der Waals surface area contributed by atoms with Crippen molar-refractivity contribution in [3.63, 3.8) is 0 Å². The third kappa shape index (κ3) is 3.43. The molecule has 2 N–H and O–H groups in total. The minimum atomic E-state index is -0.555. The number of nitrogens with zero attached hydrogens (tertiary/aromatic N) is 6. The Morgan fingerprint density at radius 1 is 1.22 bits per heavy atom. The number of aliphatic hydroxyl groups excluding tert-OH is 1. The van der Waals surface area contributed by atoms with E-state index < -0.39 is 5.54 Å². The van der Waals surface area contributed by atoms with Crippen LogP contribution in [0.25, 0.3) is 33.5 Å². The first-order chi connectivity index (χ1) is 15.5. The standard InChI is InChI=1S/C23H27N7O2/c1-15-13-32-11-10-29(15)20-12-17(19-6-9-26-30(19)23(2,3)14-31)16-4-7-24-22(21(16)27-20)18-5-8-25-28-18/h4-9,12,15,31H,10-11,13-14H2,1-3H3,(H,25,28). The van der Waals surface area contributed by atoms with Crippen LogP contribution in [0.3, 0.4) is 0 Å². The molecule has 0 saturated carbocycles. The van der Waals surface area contributed by atoms with Gasteiger partial charge in [-0.3, -0.25) is 14.8 Å². The molecular formula is C23H27N7O2. The van der Waals surface area contributed by atoms with E-state index in [2.05, 4.69) is 38.2 Å². The number of morpholine rings is 1. The molecule has 5 rings (SSSR count). The van der Waals surface area contributed by atoms with Crippen LogP contribution >= 0.6 is 0 Å². The van der Waals surface area contributed by atoms with Gasteiger partial charge in [-0.1, -0.05) is 0 Å². The van der Waals surface area contributed by atoms with E-state index in [0.717, 1.165) is 45.9 Å². The third-order valence-electron chi connectivity index (χ3n) is 6.01. The zero-order chi connectivity index (χ0) is 22.3. The lowest BCUT2D eigenvalue weighted by molar-refractivity contribution is 0.0986. The first-order valence-corrected chi connectivity index (χ1v) is 10.8. The van der Waals surface area contributed by atoms with Crippen molar-refractivity contribution in [1.82, 2.24) is 29.9 Å². The molecule has 0 aliphatic carbocycles. The van der Waals surface area contributed by atoms with Gasteiger partial charge in [0.1, 0.15) is 17.0 Å². The minimum absolute atomic E-state index is 0.0288. The fraction of sp³-hybridized carbons (Fsp3) is 0.391. The van der Waals surface area contributed by atoms with Crippen molar-refractivity contribution >= 4 is 16.7 Å². The number of ether oxygens (including phenoxy) is 1. The summed E-state index contributed by atoms with van der Waals surface area (Å²) in [6, 6.07) is 8.17. The Morgan fingerprint density at radius 3 is 2.84 bits per heavy atom. The summed E-state index contributed by atoms with van der Waals surface area (Å²) in [5, 5.41) is 22.6. The summed E-state index contributed by atoms with van der Waals surface area (Å²) in [5.74, 6) is 0.867. The quantitative estimate of drug-likeness (QED) is 0.499. The second kappa shape index (κ2) is 7.99. The number of hydrogen-bond acceptors (Lipinski definition) is 7. The molecule has 4 aromatic heterocycles. The van der Waals surface area contributed by atoms with Crippen LogP contribution in [0.5, 0.6) is 0 Å². The first-order valence-electron chi connectivity index (χ1n) is 10.8. The number of anilines is 1. The lowest BCUT2D eigenvalue weighted by Crippen LogP contribution is -2.44. The highest BCUT2D eigenvalue weighted by Gasteiger charge is 2.27. The van der Waals surface area contributed by atoms with Crippen LogP contribution in [0, 0.1) is 0 Å². The van der Waals surface area contributed by atoms with Gasteiger partial charge in [0.15, 0.2) is 0 Å². The van der Waals surface area contributed by atoms with Gasteiger partial charge in [-0.05, 0) is 45.0 Å². The molecule has 1 fully saturated rings. The van der Waals surface area contributed by atoms with Crippen molar-refractivity contribution in [2.24, 2.45) is 0 Å². The fourth-order valence-electron chi connectivity index (χ4n) is 4.21. The van der Waals surface area contributed by atoms with Crippen LogP contribution in [0.4, 0.5) is 5.82 Å². The molecule has 166 valence electrons. The predicted molar refractivity (Wildman–Crippen MR) is 122 cm³/mol. The van der Waals surface area contributed by atoms with Crippen LogP contribution in [0.2, 0.25) is 0 Å². The van der Waals surface area contributed by atoms with E-state index in [0.29, 0.717) is 13.2 Å². The van der Waals surface area contributed by atoms with Crippen LogP contribution in [-0.2, 0) is 10.3 Å². The second-order valence-electron chi connectivity index (χ2n) is 8.77. The molecule has 1 saturated heterocycles. The van der Waals surface area contributed by atoms with E-state index in [1.165, 1.54) is 0 Å². The van der Waals surface area contributed by atoms with Crippen molar-refractivity contribution in [3.05, 3.63) is 42.9 Å². The molecular weight excluding hydrogens is 406 g/mol. The van der Waals surface area contributed by atoms with Gasteiger partial charge >= 0.3 is 0 Å². The average molecular weight is 434 g/mol. The van der Waals surface area contributed by atoms with E-state index in [1.807, 2.05) is 36.7 Å². The maximum Gasteiger partial charge on any atom is 0.130 e. The van der Waals surface area contributed by atoms with Crippen LogP contribution in [0.15, 0.2) is 42.9 Å². The van der Waals surface area contributed by atoms with Crippen molar-refractivity contribution in [2.45, 2.75) is 32.4 Å². The SMILES string of the molecule is CC1COCCN1c1cc(-c2ccnn2C(C)(C)CO)c2ccnc(-c3ccn[nH]3)c2n1. The summed E-state index contributed by atoms with van der Waals surface area (Å²) in [5.41, 5.74) is 3.70. The number of nitrogens with one attached hydrogen (secondary N) is 1. The Balaban J connectivity index is 1.79. The maximum atomic E-state index is 10.00. The van der Waals surface area contributed by atoms with E-state index >= 15 is 0 Å². The fourth-order valence-corrected chi connectivity index (χ4v) is 4.21. The van der Waals surface area contributed by atoms with Crippen LogP contribution in [-0.4, -0.2) is 67.5 Å². The van der Waals surface area contributed by atoms with Crippen molar-refractivity contribution < 1.29 is 9.84 Å². The molecule has 0 bridgehead atoms. The maximum absolute atomic E-state index is 10.00. The van der Waals surface area contributed by atoms with Crippen molar-refractivity contribution in [3.8, 4) is 22.6 Å². The number of hydrogen-bond donors (Lipinski definition) is 2. The highest BCUT2D eigenvalue weighted by Crippen LogP contribution is 2.36. The lowest BCUT2D eigenvalue weighted by atomic mass is 10.0. The topological polar surface area (TPSA) is 105 Å². The molecule has 1 unspecified atom stereocenters. The number of aromatic nitrogens is 6. The summed E-state index contributed by atoms with van der Waals surface area (Å²) in [6.45, 7) is 8.13. The van der Waals surface area contributed by atoms with Crippen LogP contribution in [0.1, 0.15) is 20.8 Å². The van der Waals surface area contributed by atoms with Gasteiger partial charge < -0.3 is 14.7 Å². The van der Waals surface area contributed by atoms with Crippen LogP contribution < -0.4 is 4.90 Å². The summed E-state index contributed by atoms with van der Waals surface area (Å²) in [4.78, 5) is 12.0. The number of H-pyrrole nitrogens is 1. The van der Waals surface area contributed by atoms with Crippen molar-refractivity contribution in [2.75, 3.05) is 31.3 Å². The summed E-state index contributed by atoms with van der Waals surface area (Å²) >= 11 is 0. The molecule has 1 aliphatic heterocycles. The number of aliphatic hydroxyl groups is 1. The number of pyridine rings is 2. The molecule has 32 heavy (non-hydrogen) atoms. The number of rotatable bonds is 5. The molecule has 5 heterocycles. The van der Waals surface area contributed by atoms with Gasteiger partial charge in [0.2, 0.25) is 0 Å². The van der Waals surface area contributed by atoms with E-state index in [9.17, 15) is 5.11 Å². The Labute approximate surface area is 186 Å². The largest absolute Gasteiger partial charge is 0.394 e. The van der Waals surface area contributed by atoms with Gasteiger partial charge in [-0.25, -0.2) is 4.98 Å². The number of fused-ring (bicyclic) bond motifs is 1. The van der Waals surface area contributed by atoms with Gasteiger partial charge in [0, 0.05) is 36.1 Å². The predicted octanol–water partition coefficient (Wildman–Crippen LogP) is 2.84. The first kappa shape index (κ1) is 20.6. The summed E-state index contributed by atoms with van der Waals surface area (Å²) in [6.07, 6.45) is 5.27. The number of aromatic amines is 1. The Hall–Kier alpha value is -3.30. The molecule has 9 heteroatoms. The Kier molecular flexibility index (Phi) is 5.15. The van der Waals surface area contributed by atoms with Crippen molar-refractivity contribution in [1.29, 1.82) is 0 Å². The Bertz CT molecular complexity index is 1230. The van der Waals surface area contributed by atoms with Gasteiger partial charge in [0.25, 0.3) is 0 Å². The van der Waals surface area contributed by atoms with E-state index in [4.69, 9.17) is 9.72 Å². The highest BCUT2D eigenvalue weighted by molar-refractivity contribution is 6.01. The van der Waals surface area contributed by atoms with E-state index in [-0.39, 0.29) is 12.6 Å². The van der Waals surface area contributed by atoms with Gasteiger partial charge in [-0.15, -0.1) is 0 Å². The zero-order valence-electron chi connectivity index (χ0n) is 18.5. The molecule has 9 nitrogen and oxygen atoms in total. The summed E-state index contributed by atoms with van der Waals surface area (Å²) in [7, 11) is 0. The molecule has 4 aromatic rings. The Morgan fingerprint density at radius 2 is 2.09 bits per heavy atom. The molecule has 0 radical (unpaired) electrons. The second-order valence-corrected chi connectivity index (χ2v) is 8.77. The molecule has 0 amide bonds. The third-order valence-corrected chi connectivity index (χ3v) is 6.01. The monoisotopic (exact) mass is 433 g/mol. The molecule has 0 spiro atoms. The van der Waals surface area contributed by atoms with Gasteiger partial charge in [-0.2, -0.15) is 10.2 Å². The summed E-state index contributed by atoms with van der Waals surface area (Å²) < 4.78 is 7.53. The molecule has 1 aliphatic rings. The minimum Gasteiger partial charge on any atom is -0.394 e. The highest BCUT2D eigenvalue weighted by atomic mass is 16.5. The lowest BCUT2D eigenvalue weighted by Gasteiger charge is -2.35. The zero-order valence-corrected chi connectivity index (χ0v) is 18.5. The van der Waals surface area contributed by atoms with E-state index in [1.54, 1.807) is 18.6 Å². The molecule has 0 aromatic carbocycles. The van der Waals surface area contributed by atoms with Gasteiger partial charge in [0.05, 0.1) is 42.8 Å². The molecule has 1 atom stereocenters.